The minimum atomic E-state index is -1.01. The number of hydrogen-bond acceptors (Lipinski definition) is 2. The molecule has 0 aliphatic heterocycles. The molecule has 18 heavy (non-hydrogen) atoms. The SMILES string of the molecule is O=C(O)c1cccc(/C=[N+](\[O-])c2ccccc2)c1. The van der Waals surface area contributed by atoms with Gasteiger partial charge in [-0.15, -0.1) is 0 Å². The Morgan fingerprint density at radius 2 is 1.83 bits per heavy atom. The van der Waals surface area contributed by atoms with E-state index in [4.69, 9.17) is 5.11 Å². The second kappa shape index (κ2) is 5.14. The number of carbonyl (C=O) groups is 1. The highest BCUT2D eigenvalue weighted by Gasteiger charge is 2.05. The third-order valence-electron chi connectivity index (χ3n) is 2.41. The van der Waals surface area contributed by atoms with Gasteiger partial charge in [-0.2, -0.15) is 4.74 Å². The van der Waals surface area contributed by atoms with Crippen LogP contribution in [0.4, 0.5) is 5.69 Å². The van der Waals surface area contributed by atoms with Crippen molar-refractivity contribution in [1.82, 2.24) is 0 Å². The Hall–Kier alpha value is -2.62. The van der Waals surface area contributed by atoms with Crippen LogP contribution in [0.2, 0.25) is 0 Å². The standard InChI is InChI=1S/C14H11NO3/c16-14(17)12-6-4-5-11(9-12)10-15(18)13-7-2-1-3-8-13/h1-10H,(H,16,17)/b15-10-. The lowest BCUT2D eigenvalue weighted by molar-refractivity contribution is -0.354. The highest BCUT2D eigenvalue weighted by atomic mass is 16.5. The minimum Gasteiger partial charge on any atom is -0.618 e. The number of benzene rings is 2. The molecule has 0 aliphatic rings. The van der Waals surface area contributed by atoms with Gasteiger partial charge in [0.15, 0.2) is 6.21 Å². The number of aromatic carboxylic acids is 1. The Morgan fingerprint density at radius 3 is 2.50 bits per heavy atom. The first-order chi connectivity index (χ1) is 8.66. The monoisotopic (exact) mass is 241 g/mol. The molecule has 0 aliphatic carbocycles. The Labute approximate surface area is 104 Å². The van der Waals surface area contributed by atoms with Crippen molar-refractivity contribution in [2.45, 2.75) is 0 Å². The fourth-order valence-corrected chi connectivity index (χ4v) is 1.54. The molecule has 0 saturated heterocycles. The highest BCUT2D eigenvalue weighted by Crippen LogP contribution is 2.10. The molecule has 90 valence electrons. The molecule has 0 aromatic heterocycles. The van der Waals surface area contributed by atoms with E-state index in [9.17, 15) is 10.0 Å². The molecule has 2 rings (SSSR count). The van der Waals surface area contributed by atoms with Crippen molar-refractivity contribution < 1.29 is 14.6 Å². The summed E-state index contributed by atoms with van der Waals surface area (Å²) in [6.45, 7) is 0. The quantitative estimate of drug-likeness (QED) is 0.389. The van der Waals surface area contributed by atoms with Gasteiger partial charge in [0, 0.05) is 17.7 Å². The first-order valence-electron chi connectivity index (χ1n) is 5.36. The Balaban J connectivity index is 2.33. The summed E-state index contributed by atoms with van der Waals surface area (Å²) >= 11 is 0. The average molecular weight is 241 g/mol. The third kappa shape index (κ3) is 2.74. The van der Waals surface area contributed by atoms with Gasteiger partial charge in [0.05, 0.1) is 5.56 Å². The predicted molar refractivity (Wildman–Crippen MR) is 68.3 cm³/mol. The molecule has 4 nitrogen and oxygen atoms in total. The Bertz CT molecular complexity index is 591. The lowest BCUT2D eigenvalue weighted by Crippen LogP contribution is -2.01. The zero-order chi connectivity index (χ0) is 13.0. The second-order valence-corrected chi connectivity index (χ2v) is 3.72. The van der Waals surface area contributed by atoms with Crippen molar-refractivity contribution in [3.8, 4) is 0 Å². The van der Waals surface area contributed by atoms with Gasteiger partial charge in [-0.25, -0.2) is 4.79 Å². The van der Waals surface area contributed by atoms with Crippen LogP contribution >= 0.6 is 0 Å². The fraction of sp³-hybridized carbons (Fsp3) is 0. The van der Waals surface area contributed by atoms with Crippen LogP contribution in [-0.4, -0.2) is 22.0 Å². The van der Waals surface area contributed by atoms with E-state index in [1.54, 1.807) is 36.4 Å². The summed E-state index contributed by atoms with van der Waals surface area (Å²) in [6.07, 6.45) is 1.35. The van der Waals surface area contributed by atoms with Gasteiger partial charge >= 0.3 is 5.97 Å². The summed E-state index contributed by atoms with van der Waals surface area (Å²) in [6, 6.07) is 14.9. The predicted octanol–water partition coefficient (Wildman–Crippen LogP) is 2.65. The van der Waals surface area contributed by atoms with Crippen LogP contribution in [-0.2, 0) is 0 Å². The van der Waals surface area contributed by atoms with E-state index in [-0.39, 0.29) is 5.56 Å². The first kappa shape index (κ1) is 11.9. The topological polar surface area (TPSA) is 63.4 Å². The minimum absolute atomic E-state index is 0.158. The maximum atomic E-state index is 11.8. The summed E-state index contributed by atoms with van der Waals surface area (Å²) in [7, 11) is 0. The summed E-state index contributed by atoms with van der Waals surface area (Å²) < 4.78 is 0.709. The molecule has 0 unspecified atom stereocenters. The van der Waals surface area contributed by atoms with E-state index in [1.165, 1.54) is 18.3 Å². The molecule has 0 fully saturated rings. The molecule has 2 aromatic rings. The maximum absolute atomic E-state index is 11.8. The van der Waals surface area contributed by atoms with Gasteiger partial charge < -0.3 is 10.3 Å². The number of nitrogens with zero attached hydrogens (tertiary/aromatic N) is 1. The molecule has 0 saturated carbocycles. The molecular weight excluding hydrogens is 230 g/mol. The number of carboxylic acids is 1. The van der Waals surface area contributed by atoms with Gasteiger partial charge in [0.2, 0.25) is 5.69 Å². The molecular formula is C14H11NO3. The van der Waals surface area contributed by atoms with Crippen molar-refractivity contribution in [3.63, 3.8) is 0 Å². The third-order valence-corrected chi connectivity index (χ3v) is 2.41. The van der Waals surface area contributed by atoms with E-state index in [0.29, 0.717) is 16.0 Å². The van der Waals surface area contributed by atoms with Gasteiger partial charge in [0.1, 0.15) is 0 Å². The Kier molecular flexibility index (Phi) is 3.38. The van der Waals surface area contributed by atoms with E-state index in [2.05, 4.69) is 0 Å². The van der Waals surface area contributed by atoms with Crippen LogP contribution in [0.1, 0.15) is 15.9 Å². The van der Waals surface area contributed by atoms with E-state index in [1.807, 2.05) is 6.07 Å². The Morgan fingerprint density at radius 1 is 1.11 bits per heavy atom. The van der Waals surface area contributed by atoms with E-state index in [0.717, 1.165) is 0 Å². The van der Waals surface area contributed by atoms with Gasteiger partial charge in [-0.1, -0.05) is 24.3 Å². The zero-order valence-electron chi connectivity index (χ0n) is 9.48. The van der Waals surface area contributed by atoms with E-state index < -0.39 is 5.97 Å². The summed E-state index contributed by atoms with van der Waals surface area (Å²) in [4.78, 5) is 10.8. The van der Waals surface area contributed by atoms with Crippen LogP contribution < -0.4 is 0 Å². The lowest BCUT2D eigenvalue weighted by Gasteiger charge is -2.02. The fourth-order valence-electron chi connectivity index (χ4n) is 1.54. The van der Waals surface area contributed by atoms with Crippen molar-refractivity contribution >= 4 is 17.9 Å². The number of para-hydroxylation sites is 1. The number of hydrogen-bond donors (Lipinski definition) is 1. The normalized spacial score (nSPS) is 11.2. The molecule has 0 amide bonds. The van der Waals surface area contributed by atoms with Crippen LogP contribution in [0.3, 0.4) is 0 Å². The van der Waals surface area contributed by atoms with Crippen LogP contribution in [0.5, 0.6) is 0 Å². The van der Waals surface area contributed by atoms with Crippen molar-refractivity contribution in [2.75, 3.05) is 0 Å². The molecule has 4 heteroatoms. The average Bonchev–Trinajstić information content (AvgIpc) is 2.40. The smallest absolute Gasteiger partial charge is 0.335 e. The van der Waals surface area contributed by atoms with Crippen LogP contribution in [0.15, 0.2) is 54.6 Å². The lowest BCUT2D eigenvalue weighted by atomic mass is 10.1. The van der Waals surface area contributed by atoms with E-state index >= 15 is 0 Å². The van der Waals surface area contributed by atoms with Crippen molar-refractivity contribution in [1.29, 1.82) is 0 Å². The summed E-state index contributed by atoms with van der Waals surface area (Å²) in [5, 5.41) is 20.7. The molecule has 0 heterocycles. The summed E-state index contributed by atoms with van der Waals surface area (Å²) in [5.74, 6) is -1.01. The largest absolute Gasteiger partial charge is 0.618 e. The van der Waals surface area contributed by atoms with Crippen LogP contribution in [0.25, 0.3) is 0 Å². The molecule has 1 N–H and O–H groups in total. The summed E-state index contributed by atoms with van der Waals surface area (Å²) in [5.41, 5.74) is 1.21. The van der Waals surface area contributed by atoms with Crippen molar-refractivity contribution in [3.05, 3.63) is 70.9 Å². The maximum Gasteiger partial charge on any atom is 0.335 e. The first-order valence-corrected chi connectivity index (χ1v) is 5.36. The van der Waals surface area contributed by atoms with Gasteiger partial charge in [-0.05, 0) is 18.2 Å². The zero-order valence-corrected chi connectivity index (χ0v) is 9.48. The molecule has 0 radical (unpaired) electrons. The van der Waals surface area contributed by atoms with Crippen molar-refractivity contribution in [2.24, 2.45) is 0 Å². The highest BCUT2D eigenvalue weighted by molar-refractivity contribution is 5.90. The second-order valence-electron chi connectivity index (χ2n) is 3.72. The molecule has 0 bridgehead atoms. The molecule has 2 aromatic carbocycles. The molecule has 0 atom stereocenters. The van der Waals surface area contributed by atoms with Crippen LogP contribution in [0, 0.1) is 5.21 Å². The number of carboxylic acid groups (broad SMARTS) is 1. The van der Waals surface area contributed by atoms with Gasteiger partial charge in [-0.3, -0.25) is 0 Å². The molecule has 0 spiro atoms. The number of rotatable bonds is 3. The van der Waals surface area contributed by atoms with Gasteiger partial charge in [0.25, 0.3) is 0 Å².